The third-order valence-electron chi connectivity index (χ3n) is 5.91. The van der Waals surface area contributed by atoms with E-state index in [1.54, 1.807) is 24.3 Å². The number of hydrogen-bond donors (Lipinski definition) is 3. The molecular formula is C26H18ClN7Na2O7S2. The number of aromatic nitrogens is 3. The van der Waals surface area contributed by atoms with E-state index in [4.69, 9.17) is 11.6 Å². The van der Waals surface area contributed by atoms with E-state index in [1.807, 2.05) is 6.07 Å². The number of para-hydroxylation sites is 1. The molecule has 1 heterocycles. The zero-order valence-corrected chi connectivity index (χ0v) is 30.1. The molecular weight excluding hydrogens is 668 g/mol. The van der Waals surface area contributed by atoms with Gasteiger partial charge in [0.1, 0.15) is 31.6 Å². The van der Waals surface area contributed by atoms with E-state index in [9.17, 15) is 31.0 Å². The third-order valence-corrected chi connectivity index (χ3v) is 7.78. The van der Waals surface area contributed by atoms with Gasteiger partial charge in [-0.2, -0.15) is 15.0 Å². The van der Waals surface area contributed by atoms with Crippen molar-refractivity contribution in [3.63, 3.8) is 0 Å². The Morgan fingerprint density at radius 1 is 0.800 bits per heavy atom. The van der Waals surface area contributed by atoms with E-state index >= 15 is 0 Å². The van der Waals surface area contributed by atoms with E-state index in [0.717, 1.165) is 18.2 Å². The molecule has 0 amide bonds. The van der Waals surface area contributed by atoms with Crippen LogP contribution in [0.5, 0.6) is 5.75 Å². The average Bonchev–Trinajstić information content (AvgIpc) is 2.92. The molecule has 0 aliphatic carbocycles. The molecule has 0 fully saturated rings. The molecule has 0 saturated carbocycles. The number of hydrogen-bond acceptors (Lipinski definition) is 14. The van der Waals surface area contributed by atoms with Gasteiger partial charge in [-0.15, -0.1) is 10.2 Å². The Morgan fingerprint density at radius 3 is 2.07 bits per heavy atom. The van der Waals surface area contributed by atoms with Gasteiger partial charge >= 0.3 is 59.1 Å². The largest absolute Gasteiger partial charge is 1.00 e. The predicted octanol–water partition coefficient (Wildman–Crippen LogP) is -0.589. The summed E-state index contributed by atoms with van der Waals surface area (Å²) in [6.45, 7) is 1.52. The standard InChI is InChI=1S/C26H20ClN7O7S2.2Na/c1-14-11-15-12-17(42(36,37)38)13-19(29-26-31-24(27)30-25(32-26)28-16-7-3-2-4-8-16)21(15)23(35)22(14)34-33-18-9-5-6-10-20(18)43(39,40)41;;/h2-13,35H,1H3,(H,36,37,38)(H,39,40,41)(H2,28,29,30,31,32);;/q;2*+1/p-2. The van der Waals surface area contributed by atoms with E-state index in [1.165, 1.54) is 31.2 Å². The Labute approximate surface area is 306 Å². The summed E-state index contributed by atoms with van der Waals surface area (Å²) in [6.07, 6.45) is 0. The van der Waals surface area contributed by atoms with Gasteiger partial charge in [-0.05, 0) is 71.9 Å². The van der Waals surface area contributed by atoms with E-state index in [0.29, 0.717) is 5.69 Å². The summed E-state index contributed by atoms with van der Waals surface area (Å²) in [5.74, 6) is -0.647. The number of fused-ring (bicyclic) bond motifs is 1. The van der Waals surface area contributed by atoms with Crippen molar-refractivity contribution >= 4 is 77.3 Å². The van der Waals surface area contributed by atoms with Crippen molar-refractivity contribution < 1.29 is 90.2 Å². The molecule has 0 aliphatic rings. The third kappa shape index (κ3) is 8.75. The topological polar surface area (TPSA) is 222 Å². The number of aryl methyl sites for hydroxylation is 1. The van der Waals surface area contributed by atoms with Crippen LogP contribution in [0.3, 0.4) is 0 Å². The monoisotopic (exact) mass is 685 g/mol. The van der Waals surface area contributed by atoms with Crippen LogP contribution < -0.4 is 69.7 Å². The number of halogens is 1. The minimum atomic E-state index is -4.96. The quantitative estimate of drug-likeness (QED) is 0.106. The number of benzene rings is 4. The molecule has 19 heteroatoms. The maximum atomic E-state index is 12.0. The van der Waals surface area contributed by atoms with Gasteiger partial charge in [-0.25, -0.2) is 16.8 Å². The normalized spacial score (nSPS) is 11.6. The van der Waals surface area contributed by atoms with Crippen LogP contribution in [-0.4, -0.2) is 46.0 Å². The molecule has 0 aliphatic heterocycles. The molecule has 5 aromatic rings. The Bertz CT molecular complexity index is 2140. The molecule has 0 bridgehead atoms. The minimum absolute atomic E-state index is 0. The second-order valence-corrected chi connectivity index (χ2v) is 12.0. The van der Waals surface area contributed by atoms with Crippen LogP contribution in [0.25, 0.3) is 10.8 Å². The van der Waals surface area contributed by atoms with Gasteiger partial charge in [-0.1, -0.05) is 30.3 Å². The maximum Gasteiger partial charge on any atom is 1.00 e. The van der Waals surface area contributed by atoms with Gasteiger partial charge in [0.25, 0.3) is 0 Å². The molecule has 3 N–H and O–H groups in total. The first-order chi connectivity index (χ1) is 20.3. The molecule has 14 nitrogen and oxygen atoms in total. The zero-order valence-electron chi connectivity index (χ0n) is 23.8. The number of nitrogens with one attached hydrogen (secondary N) is 2. The fraction of sp³-hybridized carbons (Fsp3) is 0.0385. The molecule has 45 heavy (non-hydrogen) atoms. The summed E-state index contributed by atoms with van der Waals surface area (Å²) < 4.78 is 70.8. The number of aromatic hydroxyl groups is 1. The van der Waals surface area contributed by atoms with Gasteiger partial charge in [0.05, 0.1) is 15.5 Å². The Kier molecular flexibility index (Phi) is 12.1. The fourth-order valence-electron chi connectivity index (χ4n) is 4.08. The fourth-order valence-corrected chi connectivity index (χ4v) is 5.38. The van der Waals surface area contributed by atoms with Crippen molar-refractivity contribution in [3.8, 4) is 5.75 Å². The van der Waals surface area contributed by atoms with Gasteiger partial charge in [0, 0.05) is 11.1 Å². The number of anilines is 4. The second-order valence-electron chi connectivity index (χ2n) is 8.90. The van der Waals surface area contributed by atoms with Crippen LogP contribution in [0.1, 0.15) is 5.56 Å². The van der Waals surface area contributed by atoms with Crippen LogP contribution in [0.4, 0.5) is 34.6 Å². The summed E-state index contributed by atoms with van der Waals surface area (Å²) in [5.41, 5.74) is 0.402. The van der Waals surface area contributed by atoms with E-state index in [2.05, 4.69) is 35.8 Å². The molecule has 0 radical (unpaired) electrons. The van der Waals surface area contributed by atoms with Crippen LogP contribution in [0.2, 0.25) is 5.28 Å². The molecule has 1 aromatic heterocycles. The number of azo groups is 1. The van der Waals surface area contributed by atoms with Gasteiger partial charge in [0.2, 0.25) is 17.2 Å². The number of phenols is 1. The number of rotatable bonds is 8. The maximum absolute atomic E-state index is 12.0. The van der Waals surface area contributed by atoms with Crippen LogP contribution >= 0.6 is 11.6 Å². The average molecular weight is 686 g/mol. The molecule has 4 aromatic carbocycles. The van der Waals surface area contributed by atoms with Crippen molar-refractivity contribution in [2.24, 2.45) is 10.2 Å². The zero-order chi connectivity index (χ0) is 30.9. The molecule has 220 valence electrons. The van der Waals surface area contributed by atoms with Crippen molar-refractivity contribution in [1.29, 1.82) is 0 Å². The molecule has 0 saturated heterocycles. The Balaban J connectivity index is 0.00000276. The van der Waals surface area contributed by atoms with Crippen molar-refractivity contribution in [3.05, 3.63) is 83.6 Å². The van der Waals surface area contributed by atoms with Crippen molar-refractivity contribution in [1.82, 2.24) is 15.0 Å². The smallest absolute Gasteiger partial charge is 0.744 e. The van der Waals surface area contributed by atoms with Crippen LogP contribution in [0.15, 0.2) is 92.8 Å². The van der Waals surface area contributed by atoms with Gasteiger partial charge in [-0.3, -0.25) is 0 Å². The molecule has 0 unspecified atom stereocenters. The van der Waals surface area contributed by atoms with Crippen LogP contribution in [0, 0.1) is 6.92 Å². The summed E-state index contributed by atoms with van der Waals surface area (Å²) in [7, 11) is -9.84. The SMILES string of the molecule is Cc1cc2cc(S(=O)(=O)[O-])cc(Nc3nc(Cl)nc(Nc4ccccc4)n3)c2c(O)c1N=Nc1ccccc1S(=O)(=O)[O-].[Na+].[Na+]. The van der Waals surface area contributed by atoms with E-state index in [-0.39, 0.29) is 110 Å². The van der Waals surface area contributed by atoms with Gasteiger partial charge in [0.15, 0.2) is 5.75 Å². The molecule has 0 atom stereocenters. The predicted molar refractivity (Wildman–Crippen MR) is 155 cm³/mol. The van der Waals surface area contributed by atoms with E-state index < -0.39 is 35.8 Å². The van der Waals surface area contributed by atoms with Crippen LogP contribution in [-0.2, 0) is 20.2 Å². The number of nitrogens with zero attached hydrogens (tertiary/aromatic N) is 5. The summed E-state index contributed by atoms with van der Waals surface area (Å²) in [4.78, 5) is 11.0. The number of phenolic OH excluding ortho intramolecular Hbond substituents is 1. The Hall–Kier alpha value is -2.74. The molecule has 0 spiro atoms. The van der Waals surface area contributed by atoms with Crippen molar-refractivity contribution in [2.45, 2.75) is 16.7 Å². The summed E-state index contributed by atoms with van der Waals surface area (Å²) >= 11 is 6.10. The Morgan fingerprint density at radius 2 is 1.42 bits per heavy atom. The molecule has 5 rings (SSSR count). The first-order valence-electron chi connectivity index (χ1n) is 12.0. The summed E-state index contributed by atoms with van der Waals surface area (Å²) in [6, 6.07) is 17.5. The van der Waals surface area contributed by atoms with Crippen molar-refractivity contribution in [2.75, 3.05) is 10.6 Å². The first-order valence-corrected chi connectivity index (χ1v) is 15.2. The first kappa shape index (κ1) is 36.7. The summed E-state index contributed by atoms with van der Waals surface area (Å²) in [5, 5.41) is 24.8. The van der Waals surface area contributed by atoms with Gasteiger partial charge < -0.3 is 24.8 Å². The second kappa shape index (κ2) is 14.8. The minimum Gasteiger partial charge on any atom is -0.744 e.